The smallest absolute Gasteiger partial charge is 0.225 e. The van der Waals surface area contributed by atoms with Crippen LogP contribution >= 0.6 is 0 Å². The van der Waals surface area contributed by atoms with Crippen LogP contribution in [0.2, 0.25) is 0 Å². The molecule has 4 heterocycles. The molecule has 1 atom stereocenters. The zero-order valence-electron chi connectivity index (χ0n) is 14.7. The van der Waals surface area contributed by atoms with Crippen LogP contribution in [0.15, 0.2) is 48.9 Å². The van der Waals surface area contributed by atoms with Gasteiger partial charge >= 0.3 is 0 Å². The molecule has 0 amide bonds. The van der Waals surface area contributed by atoms with Crippen LogP contribution in [0.1, 0.15) is 17.7 Å². The predicted octanol–water partition coefficient (Wildman–Crippen LogP) is 2.75. The van der Waals surface area contributed by atoms with E-state index in [1.165, 1.54) is 12.4 Å². The van der Waals surface area contributed by atoms with Crippen LogP contribution in [-0.4, -0.2) is 39.6 Å². The average Bonchev–Trinajstić information content (AvgIpc) is 3.14. The Morgan fingerprint density at radius 2 is 1.85 bits per heavy atom. The topological polar surface area (TPSA) is 64.0 Å². The third kappa shape index (κ3) is 2.84. The van der Waals surface area contributed by atoms with Crippen molar-refractivity contribution in [1.29, 1.82) is 0 Å². The van der Waals surface area contributed by atoms with Gasteiger partial charge in [0.05, 0.1) is 36.7 Å². The fourth-order valence-corrected chi connectivity index (χ4v) is 3.95. The van der Waals surface area contributed by atoms with E-state index in [0.717, 1.165) is 35.6 Å². The van der Waals surface area contributed by atoms with Gasteiger partial charge in [0.15, 0.2) is 11.6 Å². The highest BCUT2D eigenvalue weighted by Crippen LogP contribution is 2.40. The Morgan fingerprint density at radius 1 is 1.04 bits per heavy atom. The Balaban J connectivity index is 1.51. The molecule has 27 heavy (non-hydrogen) atoms. The summed E-state index contributed by atoms with van der Waals surface area (Å²) >= 11 is 0. The summed E-state index contributed by atoms with van der Waals surface area (Å²) < 4.78 is 19.0. The summed E-state index contributed by atoms with van der Waals surface area (Å²) in [6.45, 7) is 2.60. The van der Waals surface area contributed by atoms with Gasteiger partial charge in [0.1, 0.15) is 0 Å². The number of rotatable bonds is 2. The molecule has 1 aromatic carbocycles. The van der Waals surface area contributed by atoms with Gasteiger partial charge in [-0.25, -0.2) is 24.3 Å². The van der Waals surface area contributed by atoms with E-state index in [1.807, 2.05) is 36.5 Å². The Hall–Kier alpha value is -2.93. The van der Waals surface area contributed by atoms with Gasteiger partial charge in [-0.15, -0.1) is 0 Å². The molecule has 1 fully saturated rings. The molecule has 2 aliphatic heterocycles. The van der Waals surface area contributed by atoms with Crippen molar-refractivity contribution in [1.82, 2.24) is 19.9 Å². The highest BCUT2D eigenvalue weighted by atomic mass is 19.1. The lowest BCUT2D eigenvalue weighted by Crippen LogP contribution is -2.40. The Bertz CT molecular complexity index is 966. The molecule has 0 radical (unpaired) electrons. The summed E-state index contributed by atoms with van der Waals surface area (Å²) in [5.41, 5.74) is 2.85. The lowest BCUT2D eigenvalue weighted by molar-refractivity contribution is 0.0557. The maximum atomic E-state index is 13.1. The van der Waals surface area contributed by atoms with Crippen molar-refractivity contribution in [3.05, 3.63) is 66.0 Å². The van der Waals surface area contributed by atoms with Gasteiger partial charge in [0.25, 0.3) is 0 Å². The molecule has 6 nitrogen and oxygen atoms in total. The first-order chi connectivity index (χ1) is 13.2. The third-order valence-corrected chi connectivity index (χ3v) is 5.28. The zero-order chi connectivity index (χ0) is 18.3. The van der Waals surface area contributed by atoms with E-state index in [-0.39, 0.29) is 5.41 Å². The Morgan fingerprint density at radius 3 is 2.67 bits per heavy atom. The Labute approximate surface area is 156 Å². The molecule has 5 rings (SSSR count). The maximum Gasteiger partial charge on any atom is 0.225 e. The molecular weight excluding hydrogens is 345 g/mol. The zero-order valence-corrected chi connectivity index (χ0v) is 14.7. The van der Waals surface area contributed by atoms with Crippen molar-refractivity contribution in [2.45, 2.75) is 18.4 Å². The van der Waals surface area contributed by atoms with Crippen molar-refractivity contribution >= 4 is 5.95 Å². The van der Waals surface area contributed by atoms with Gasteiger partial charge in [0.2, 0.25) is 5.95 Å². The molecule has 0 unspecified atom stereocenters. The largest absolute Gasteiger partial charge is 0.376 e. The lowest BCUT2D eigenvalue weighted by Gasteiger charge is -2.34. The first-order valence-corrected chi connectivity index (χ1v) is 8.96. The number of halogens is 1. The van der Waals surface area contributed by atoms with Gasteiger partial charge in [-0.1, -0.05) is 30.3 Å². The van der Waals surface area contributed by atoms with Crippen molar-refractivity contribution in [3.8, 4) is 11.4 Å². The number of aromatic nitrogens is 4. The normalized spacial score (nSPS) is 21.4. The van der Waals surface area contributed by atoms with E-state index in [2.05, 4.69) is 19.9 Å². The molecule has 1 spiro atoms. The Kier molecular flexibility index (Phi) is 3.82. The third-order valence-electron chi connectivity index (χ3n) is 5.28. The van der Waals surface area contributed by atoms with Crippen LogP contribution < -0.4 is 4.90 Å². The van der Waals surface area contributed by atoms with Crippen LogP contribution in [-0.2, 0) is 16.8 Å². The molecule has 0 N–H and O–H groups in total. The van der Waals surface area contributed by atoms with E-state index in [4.69, 9.17) is 9.72 Å². The summed E-state index contributed by atoms with van der Waals surface area (Å²) in [7, 11) is 0. The van der Waals surface area contributed by atoms with Crippen molar-refractivity contribution < 1.29 is 9.13 Å². The number of benzene rings is 1. The summed E-state index contributed by atoms with van der Waals surface area (Å²) in [4.78, 5) is 19.8. The number of nitrogens with zero attached hydrogens (tertiary/aromatic N) is 5. The minimum atomic E-state index is -0.431. The van der Waals surface area contributed by atoms with Crippen LogP contribution in [0.5, 0.6) is 0 Å². The molecule has 136 valence electrons. The maximum absolute atomic E-state index is 13.1. The monoisotopic (exact) mass is 363 g/mol. The van der Waals surface area contributed by atoms with Crippen LogP contribution in [0.25, 0.3) is 11.4 Å². The van der Waals surface area contributed by atoms with E-state index in [9.17, 15) is 4.39 Å². The van der Waals surface area contributed by atoms with Crippen molar-refractivity contribution in [3.63, 3.8) is 0 Å². The van der Waals surface area contributed by atoms with Gasteiger partial charge in [0, 0.05) is 30.4 Å². The summed E-state index contributed by atoms with van der Waals surface area (Å²) in [5.74, 6) is 0.837. The fraction of sp³-hybridized carbons (Fsp3) is 0.300. The minimum absolute atomic E-state index is 0.224. The highest BCUT2D eigenvalue weighted by molar-refractivity contribution is 5.55. The molecule has 3 aromatic rings. The van der Waals surface area contributed by atoms with E-state index in [1.54, 1.807) is 0 Å². The second-order valence-corrected chi connectivity index (χ2v) is 7.08. The molecule has 2 aromatic heterocycles. The first kappa shape index (κ1) is 16.3. The average molecular weight is 363 g/mol. The number of ether oxygens (including phenoxy) is 1. The number of hydrogen-bond acceptors (Lipinski definition) is 6. The van der Waals surface area contributed by atoms with Gasteiger partial charge in [-0.05, 0) is 6.42 Å². The highest BCUT2D eigenvalue weighted by Gasteiger charge is 2.45. The number of fused-ring (bicyclic) bond motifs is 2. The van der Waals surface area contributed by atoms with Gasteiger partial charge in [-0.2, -0.15) is 0 Å². The standard InChI is InChI=1S/C20H18FN5O/c21-16-9-23-19(24-10-16)26-7-6-20(12-26)13-27-11-15-8-22-18(25-17(15)20)14-4-2-1-3-5-14/h1-5,8-10H,6-7,11-13H2/t20-/m1/s1. The summed E-state index contributed by atoms with van der Waals surface area (Å²) in [6.07, 6.45) is 5.16. The van der Waals surface area contributed by atoms with Crippen molar-refractivity contribution in [2.75, 3.05) is 24.6 Å². The van der Waals surface area contributed by atoms with Crippen molar-refractivity contribution in [2.24, 2.45) is 0 Å². The lowest BCUT2D eigenvalue weighted by atomic mass is 9.80. The van der Waals surface area contributed by atoms with Crippen LogP contribution in [0.4, 0.5) is 10.3 Å². The fourth-order valence-electron chi connectivity index (χ4n) is 3.95. The predicted molar refractivity (Wildman–Crippen MR) is 97.6 cm³/mol. The molecule has 2 aliphatic rings. The van der Waals surface area contributed by atoms with E-state index < -0.39 is 5.82 Å². The van der Waals surface area contributed by atoms with E-state index in [0.29, 0.717) is 25.7 Å². The summed E-state index contributed by atoms with van der Waals surface area (Å²) in [6, 6.07) is 9.98. The molecule has 0 aliphatic carbocycles. The molecular formula is C20H18FN5O. The van der Waals surface area contributed by atoms with Crippen LogP contribution in [0.3, 0.4) is 0 Å². The van der Waals surface area contributed by atoms with Gasteiger partial charge < -0.3 is 9.64 Å². The van der Waals surface area contributed by atoms with E-state index >= 15 is 0 Å². The molecule has 0 bridgehead atoms. The molecule has 1 saturated heterocycles. The number of hydrogen-bond donors (Lipinski definition) is 0. The molecule has 0 saturated carbocycles. The van der Waals surface area contributed by atoms with Gasteiger partial charge in [-0.3, -0.25) is 0 Å². The first-order valence-electron chi connectivity index (χ1n) is 8.96. The second-order valence-electron chi connectivity index (χ2n) is 7.08. The van der Waals surface area contributed by atoms with Crippen LogP contribution in [0, 0.1) is 5.82 Å². The SMILES string of the molecule is Fc1cnc(N2CC[C@]3(COCc4cnc(-c5ccccc5)nc43)C2)nc1. The summed E-state index contributed by atoms with van der Waals surface area (Å²) in [5, 5.41) is 0. The number of anilines is 1. The second kappa shape index (κ2) is 6.35. The molecule has 7 heteroatoms. The quantitative estimate of drug-likeness (QED) is 0.698. The minimum Gasteiger partial charge on any atom is -0.376 e.